The van der Waals surface area contributed by atoms with Crippen molar-refractivity contribution < 1.29 is 0 Å². The molecule has 1 aromatic carbocycles. The Morgan fingerprint density at radius 3 is 2.48 bits per heavy atom. The molecule has 31 heavy (non-hydrogen) atoms. The van der Waals surface area contributed by atoms with Crippen LogP contribution in [0.1, 0.15) is 23.9 Å². The van der Waals surface area contributed by atoms with Crippen molar-refractivity contribution >= 4 is 11.9 Å². The second kappa shape index (κ2) is 10.1. The summed E-state index contributed by atoms with van der Waals surface area (Å²) in [5.74, 6) is 2.79. The molecule has 0 aliphatic carbocycles. The molecule has 1 N–H and O–H groups in total. The maximum Gasteiger partial charge on any atom is 0.225 e. The van der Waals surface area contributed by atoms with E-state index in [-0.39, 0.29) is 0 Å². The second-order valence-electron chi connectivity index (χ2n) is 7.62. The molecule has 1 aliphatic heterocycles. The number of nitrogens with zero attached hydrogens (tertiary/aromatic N) is 7. The molecule has 162 valence electrons. The molecule has 0 radical (unpaired) electrons. The number of anilines is 1. The number of hydrogen-bond donors (Lipinski definition) is 1. The number of imidazole rings is 1. The molecule has 3 heterocycles. The molecule has 0 bridgehead atoms. The third-order valence-electron chi connectivity index (χ3n) is 5.43. The third kappa shape index (κ3) is 5.39. The van der Waals surface area contributed by atoms with Gasteiger partial charge in [0.05, 0.1) is 6.54 Å². The minimum absolute atomic E-state index is 0.654. The maximum absolute atomic E-state index is 4.92. The van der Waals surface area contributed by atoms with Gasteiger partial charge in [-0.1, -0.05) is 24.3 Å². The normalized spacial score (nSPS) is 14.7. The highest BCUT2D eigenvalue weighted by molar-refractivity contribution is 5.80. The molecule has 1 fully saturated rings. The van der Waals surface area contributed by atoms with E-state index < -0.39 is 0 Å². The van der Waals surface area contributed by atoms with Gasteiger partial charge in [0.2, 0.25) is 5.95 Å². The van der Waals surface area contributed by atoms with E-state index in [1.165, 1.54) is 11.1 Å². The first-order valence-corrected chi connectivity index (χ1v) is 10.8. The first kappa shape index (κ1) is 20.8. The molecule has 0 spiro atoms. The summed E-state index contributed by atoms with van der Waals surface area (Å²) in [4.78, 5) is 22.5. The summed E-state index contributed by atoms with van der Waals surface area (Å²) >= 11 is 0. The van der Waals surface area contributed by atoms with Gasteiger partial charge in [-0.3, -0.25) is 0 Å². The van der Waals surface area contributed by atoms with E-state index >= 15 is 0 Å². The zero-order valence-corrected chi connectivity index (χ0v) is 18.3. The lowest BCUT2D eigenvalue weighted by atomic mass is 10.1. The van der Waals surface area contributed by atoms with Crippen LogP contribution in [0.2, 0.25) is 0 Å². The highest BCUT2D eigenvalue weighted by atomic mass is 15.4. The first-order valence-electron chi connectivity index (χ1n) is 10.8. The molecule has 0 saturated carbocycles. The lowest BCUT2D eigenvalue weighted by molar-refractivity contribution is 0.370. The van der Waals surface area contributed by atoms with Crippen LogP contribution in [0.3, 0.4) is 0 Å². The minimum atomic E-state index is 0.654. The number of benzene rings is 1. The van der Waals surface area contributed by atoms with Crippen molar-refractivity contribution in [3.63, 3.8) is 0 Å². The van der Waals surface area contributed by atoms with Crippen LogP contribution in [0.5, 0.6) is 0 Å². The van der Waals surface area contributed by atoms with Gasteiger partial charge in [-0.2, -0.15) is 0 Å². The van der Waals surface area contributed by atoms with Crippen LogP contribution in [0.4, 0.5) is 5.95 Å². The van der Waals surface area contributed by atoms with Gasteiger partial charge in [0, 0.05) is 64.1 Å². The summed E-state index contributed by atoms with van der Waals surface area (Å²) in [6, 6.07) is 10.5. The number of aliphatic imine (C=N–C) groups is 1. The summed E-state index contributed by atoms with van der Waals surface area (Å²) in [5, 5.41) is 3.45. The lowest BCUT2D eigenvalue weighted by Crippen LogP contribution is -2.52. The van der Waals surface area contributed by atoms with Crippen LogP contribution in [-0.2, 0) is 13.1 Å². The summed E-state index contributed by atoms with van der Waals surface area (Å²) in [7, 11) is 0. The van der Waals surface area contributed by atoms with Gasteiger partial charge < -0.3 is 19.7 Å². The first-order chi connectivity index (χ1) is 15.2. The number of aryl methyl sites for hydroxylation is 1. The predicted molar refractivity (Wildman–Crippen MR) is 123 cm³/mol. The zero-order chi connectivity index (χ0) is 21.5. The Bertz CT molecular complexity index is 990. The maximum atomic E-state index is 4.92. The van der Waals surface area contributed by atoms with Gasteiger partial charge in [-0.15, -0.1) is 0 Å². The van der Waals surface area contributed by atoms with Gasteiger partial charge >= 0.3 is 0 Å². The molecule has 8 heteroatoms. The second-order valence-corrected chi connectivity index (χ2v) is 7.62. The summed E-state index contributed by atoms with van der Waals surface area (Å²) in [6.07, 6.45) is 7.45. The van der Waals surface area contributed by atoms with Gasteiger partial charge in [0.25, 0.3) is 0 Å². The smallest absolute Gasteiger partial charge is 0.225 e. The molecule has 1 aliphatic rings. The number of aromatic nitrogens is 4. The highest BCUT2D eigenvalue weighted by Gasteiger charge is 2.21. The van der Waals surface area contributed by atoms with Gasteiger partial charge in [0.1, 0.15) is 5.82 Å². The van der Waals surface area contributed by atoms with Crippen molar-refractivity contribution in [3.05, 3.63) is 72.1 Å². The largest absolute Gasteiger partial charge is 0.357 e. The number of guanidine groups is 1. The molecule has 0 atom stereocenters. The molecule has 2 aromatic heterocycles. The Kier molecular flexibility index (Phi) is 6.76. The van der Waals surface area contributed by atoms with E-state index in [2.05, 4.69) is 65.8 Å². The summed E-state index contributed by atoms with van der Waals surface area (Å²) < 4.78 is 2.16. The Hall–Kier alpha value is -3.42. The fourth-order valence-electron chi connectivity index (χ4n) is 3.76. The number of nitrogens with one attached hydrogen (secondary N) is 1. The van der Waals surface area contributed by atoms with Crippen LogP contribution >= 0.6 is 0 Å². The van der Waals surface area contributed by atoms with Gasteiger partial charge in [-0.25, -0.2) is 19.9 Å². The van der Waals surface area contributed by atoms with Crippen molar-refractivity contribution in [1.29, 1.82) is 0 Å². The van der Waals surface area contributed by atoms with E-state index in [0.29, 0.717) is 6.54 Å². The van der Waals surface area contributed by atoms with Gasteiger partial charge in [-0.05, 0) is 31.0 Å². The molecule has 3 aromatic rings. The van der Waals surface area contributed by atoms with Crippen LogP contribution < -0.4 is 10.2 Å². The molecule has 8 nitrogen and oxygen atoms in total. The van der Waals surface area contributed by atoms with Crippen molar-refractivity contribution in [2.45, 2.75) is 26.9 Å². The van der Waals surface area contributed by atoms with Crippen molar-refractivity contribution in [1.82, 2.24) is 29.7 Å². The van der Waals surface area contributed by atoms with Gasteiger partial charge in [0.15, 0.2) is 5.96 Å². The summed E-state index contributed by atoms with van der Waals surface area (Å²) in [6.45, 7) is 10.0. The molecular formula is C23H30N8. The van der Waals surface area contributed by atoms with Crippen molar-refractivity contribution in [3.8, 4) is 0 Å². The molecule has 0 unspecified atom stereocenters. The number of piperazine rings is 1. The van der Waals surface area contributed by atoms with E-state index in [4.69, 9.17) is 4.99 Å². The zero-order valence-electron chi connectivity index (χ0n) is 18.3. The standard InChI is InChI=1S/C23H30N8/c1-3-24-22(29-12-14-30(15-13-29)23-26-8-5-9-27-23)28-17-20-6-4-7-21(16-20)18-31-11-10-25-19(31)2/h4-11,16H,3,12-15,17-18H2,1-2H3,(H,24,28). The Labute approximate surface area is 183 Å². The average Bonchev–Trinajstić information content (AvgIpc) is 3.22. The van der Waals surface area contributed by atoms with E-state index in [1.54, 1.807) is 12.4 Å². The van der Waals surface area contributed by atoms with Crippen LogP contribution in [-0.4, -0.2) is 63.1 Å². The van der Waals surface area contributed by atoms with Crippen molar-refractivity contribution in [2.75, 3.05) is 37.6 Å². The Balaban J connectivity index is 1.39. The monoisotopic (exact) mass is 418 g/mol. The fraction of sp³-hybridized carbons (Fsp3) is 0.391. The quantitative estimate of drug-likeness (QED) is 0.489. The molecule has 1 saturated heterocycles. The fourth-order valence-corrected chi connectivity index (χ4v) is 3.76. The Morgan fingerprint density at radius 2 is 1.77 bits per heavy atom. The topological polar surface area (TPSA) is 74.5 Å². The highest BCUT2D eigenvalue weighted by Crippen LogP contribution is 2.12. The lowest BCUT2D eigenvalue weighted by Gasteiger charge is -2.36. The van der Waals surface area contributed by atoms with Crippen LogP contribution in [0.25, 0.3) is 0 Å². The van der Waals surface area contributed by atoms with E-state index in [0.717, 1.165) is 57.0 Å². The van der Waals surface area contributed by atoms with E-state index in [1.807, 2.05) is 25.4 Å². The Morgan fingerprint density at radius 1 is 1.00 bits per heavy atom. The summed E-state index contributed by atoms with van der Waals surface area (Å²) in [5.41, 5.74) is 2.47. The third-order valence-corrected chi connectivity index (χ3v) is 5.43. The molecule has 4 rings (SSSR count). The van der Waals surface area contributed by atoms with Crippen molar-refractivity contribution in [2.24, 2.45) is 4.99 Å². The predicted octanol–water partition coefficient (Wildman–Crippen LogP) is 2.32. The average molecular weight is 419 g/mol. The SMILES string of the molecule is CCNC(=NCc1cccc(Cn2ccnc2C)c1)N1CCN(c2ncccn2)CC1. The number of rotatable bonds is 6. The minimum Gasteiger partial charge on any atom is -0.357 e. The van der Waals surface area contributed by atoms with Crippen LogP contribution in [0, 0.1) is 6.92 Å². The van der Waals surface area contributed by atoms with Crippen LogP contribution in [0.15, 0.2) is 60.1 Å². The number of hydrogen-bond acceptors (Lipinski definition) is 5. The molecular weight excluding hydrogens is 388 g/mol. The van der Waals surface area contributed by atoms with E-state index in [9.17, 15) is 0 Å². The molecule has 0 amide bonds.